The Labute approximate surface area is 125 Å². The second kappa shape index (κ2) is 6.09. The number of ketones is 1. The summed E-state index contributed by atoms with van der Waals surface area (Å²) in [4.78, 5) is 47.1. The van der Waals surface area contributed by atoms with Gasteiger partial charge in [-0.25, -0.2) is 4.90 Å². The molecule has 0 spiro atoms. The topological polar surface area (TPSA) is 91.8 Å². The molecular weight excluding hydrogens is 294 g/mol. The maximum atomic E-state index is 12.2. The van der Waals surface area contributed by atoms with Gasteiger partial charge in [0, 0.05) is 12.0 Å². The molecule has 0 aliphatic carbocycles. The van der Waals surface area contributed by atoms with E-state index in [0.717, 1.165) is 16.7 Å². The van der Waals surface area contributed by atoms with E-state index in [1.807, 2.05) is 0 Å². The first-order valence-electron chi connectivity index (χ1n) is 6.21. The van der Waals surface area contributed by atoms with Gasteiger partial charge in [-0.1, -0.05) is 12.1 Å². The molecule has 1 aromatic rings. The Kier molecular flexibility index (Phi) is 4.42. The summed E-state index contributed by atoms with van der Waals surface area (Å²) < 4.78 is 0. The lowest BCUT2D eigenvalue weighted by atomic mass is 10.1. The molecule has 1 aliphatic rings. The van der Waals surface area contributed by atoms with E-state index in [2.05, 4.69) is 0 Å². The zero-order valence-electron chi connectivity index (χ0n) is 11.2. The molecule has 21 heavy (non-hydrogen) atoms. The number of amides is 2. The number of carboxylic acids is 1. The second-order valence-electron chi connectivity index (χ2n) is 4.57. The van der Waals surface area contributed by atoms with Crippen LogP contribution in [-0.4, -0.2) is 39.7 Å². The van der Waals surface area contributed by atoms with Gasteiger partial charge < -0.3 is 5.11 Å². The number of hydrogen-bond donors (Lipinski definition) is 1. The van der Waals surface area contributed by atoms with Crippen LogP contribution >= 0.6 is 11.8 Å². The fourth-order valence-corrected chi connectivity index (χ4v) is 2.89. The third-order valence-electron chi connectivity index (χ3n) is 3.02. The molecule has 7 heteroatoms. The van der Waals surface area contributed by atoms with Crippen LogP contribution in [0.25, 0.3) is 0 Å². The van der Waals surface area contributed by atoms with E-state index in [0.29, 0.717) is 11.3 Å². The molecule has 110 valence electrons. The van der Waals surface area contributed by atoms with Crippen LogP contribution in [0.15, 0.2) is 24.3 Å². The van der Waals surface area contributed by atoms with E-state index in [4.69, 9.17) is 5.11 Å². The van der Waals surface area contributed by atoms with Crippen LogP contribution in [-0.2, 0) is 14.4 Å². The highest BCUT2D eigenvalue weighted by Crippen LogP contribution is 2.30. The highest BCUT2D eigenvalue weighted by atomic mass is 32.2. The van der Waals surface area contributed by atoms with Crippen LogP contribution in [0.4, 0.5) is 5.69 Å². The Hall–Kier alpha value is -2.15. The first-order valence-corrected chi connectivity index (χ1v) is 7.26. The van der Waals surface area contributed by atoms with Crippen molar-refractivity contribution in [1.29, 1.82) is 0 Å². The van der Waals surface area contributed by atoms with Crippen molar-refractivity contribution in [3.63, 3.8) is 0 Å². The van der Waals surface area contributed by atoms with Crippen LogP contribution in [0.3, 0.4) is 0 Å². The molecule has 0 aromatic heterocycles. The van der Waals surface area contributed by atoms with Gasteiger partial charge in [-0.05, 0) is 19.1 Å². The number of anilines is 1. The Balaban J connectivity index is 2.22. The first-order chi connectivity index (χ1) is 9.90. The summed E-state index contributed by atoms with van der Waals surface area (Å²) in [5.41, 5.74) is 0.755. The Morgan fingerprint density at radius 3 is 2.71 bits per heavy atom. The highest BCUT2D eigenvalue weighted by Gasteiger charge is 2.40. The zero-order valence-corrected chi connectivity index (χ0v) is 12.1. The summed E-state index contributed by atoms with van der Waals surface area (Å²) in [6.07, 6.45) is -0.0267. The van der Waals surface area contributed by atoms with Crippen molar-refractivity contribution < 1.29 is 24.3 Å². The number of Topliss-reactive ketones (excluding diaryl/α,β-unsaturated/α-hetero) is 1. The normalized spacial score (nSPS) is 18.1. The van der Waals surface area contributed by atoms with Crippen molar-refractivity contribution >= 4 is 41.0 Å². The summed E-state index contributed by atoms with van der Waals surface area (Å²) in [7, 11) is 0. The number of nitrogens with zero attached hydrogens (tertiary/aromatic N) is 1. The molecule has 1 saturated heterocycles. The van der Waals surface area contributed by atoms with Gasteiger partial charge in [0.15, 0.2) is 5.78 Å². The molecule has 6 nitrogen and oxygen atoms in total. The maximum absolute atomic E-state index is 12.2. The first kappa shape index (κ1) is 15.2. The van der Waals surface area contributed by atoms with Gasteiger partial charge in [-0.2, -0.15) is 0 Å². The minimum absolute atomic E-state index is 0.0267. The Morgan fingerprint density at radius 2 is 2.10 bits per heavy atom. The number of carbonyl (C=O) groups is 4. The quantitative estimate of drug-likeness (QED) is 0.652. The number of carbonyl (C=O) groups excluding carboxylic acids is 3. The number of hydrogen-bond acceptors (Lipinski definition) is 5. The number of aliphatic carboxylic acids is 1. The Morgan fingerprint density at radius 1 is 1.38 bits per heavy atom. The fourth-order valence-electron chi connectivity index (χ4n) is 2.04. The van der Waals surface area contributed by atoms with Crippen molar-refractivity contribution in [2.75, 3.05) is 10.7 Å². The molecule has 1 unspecified atom stereocenters. The summed E-state index contributed by atoms with van der Waals surface area (Å²) in [6, 6.07) is 6.27. The monoisotopic (exact) mass is 307 g/mol. The molecule has 0 radical (unpaired) electrons. The van der Waals surface area contributed by atoms with Gasteiger partial charge in [0.2, 0.25) is 11.8 Å². The van der Waals surface area contributed by atoms with Crippen LogP contribution in [0.2, 0.25) is 0 Å². The number of benzene rings is 1. The average molecular weight is 307 g/mol. The van der Waals surface area contributed by atoms with Crippen LogP contribution < -0.4 is 4.90 Å². The molecule has 2 rings (SSSR count). The number of carboxylic acid groups (broad SMARTS) is 1. The van der Waals surface area contributed by atoms with Gasteiger partial charge >= 0.3 is 5.97 Å². The second-order valence-corrected chi connectivity index (χ2v) is 5.76. The van der Waals surface area contributed by atoms with E-state index >= 15 is 0 Å². The molecule has 1 N–H and O–H groups in total. The lowest BCUT2D eigenvalue weighted by molar-refractivity contribution is -0.134. The van der Waals surface area contributed by atoms with E-state index in [1.165, 1.54) is 13.0 Å². The van der Waals surface area contributed by atoms with E-state index in [-0.39, 0.29) is 23.9 Å². The summed E-state index contributed by atoms with van der Waals surface area (Å²) in [5, 5.41) is 7.95. The summed E-state index contributed by atoms with van der Waals surface area (Å²) >= 11 is 0.934. The van der Waals surface area contributed by atoms with Gasteiger partial charge in [-0.3, -0.25) is 19.2 Å². The minimum atomic E-state index is -1.03. The number of rotatable bonds is 5. The molecule has 0 saturated carbocycles. The van der Waals surface area contributed by atoms with Crippen LogP contribution in [0.1, 0.15) is 23.7 Å². The summed E-state index contributed by atoms with van der Waals surface area (Å²) in [6.45, 7) is 1.40. The van der Waals surface area contributed by atoms with Crippen LogP contribution in [0.5, 0.6) is 0 Å². The zero-order chi connectivity index (χ0) is 15.6. The van der Waals surface area contributed by atoms with E-state index in [9.17, 15) is 19.2 Å². The van der Waals surface area contributed by atoms with Crippen molar-refractivity contribution in [2.45, 2.75) is 18.6 Å². The fraction of sp³-hybridized carbons (Fsp3) is 0.286. The summed E-state index contributed by atoms with van der Waals surface area (Å²) in [5.74, 6) is -2.24. The predicted molar refractivity (Wildman–Crippen MR) is 77.4 cm³/mol. The smallest absolute Gasteiger partial charge is 0.313 e. The maximum Gasteiger partial charge on any atom is 0.313 e. The third-order valence-corrected chi connectivity index (χ3v) is 4.21. The van der Waals surface area contributed by atoms with E-state index < -0.39 is 17.1 Å². The van der Waals surface area contributed by atoms with Crippen molar-refractivity contribution in [3.8, 4) is 0 Å². The lowest BCUT2D eigenvalue weighted by Crippen LogP contribution is -2.31. The number of thioether (sulfide) groups is 1. The molecule has 1 fully saturated rings. The number of imide groups is 1. The molecule has 1 heterocycles. The molecule has 1 aromatic carbocycles. The third kappa shape index (κ3) is 3.30. The SMILES string of the molecule is CC(=O)c1cccc(N2C(=O)CC(SCC(=O)O)C2=O)c1. The predicted octanol–water partition coefficient (Wildman–Crippen LogP) is 1.34. The molecule has 1 atom stereocenters. The molecule has 0 bridgehead atoms. The largest absolute Gasteiger partial charge is 0.481 e. The van der Waals surface area contributed by atoms with Crippen molar-refractivity contribution in [3.05, 3.63) is 29.8 Å². The minimum Gasteiger partial charge on any atom is -0.481 e. The molecule has 1 aliphatic heterocycles. The lowest BCUT2D eigenvalue weighted by Gasteiger charge is -2.15. The molecule has 2 amide bonds. The van der Waals surface area contributed by atoms with Crippen molar-refractivity contribution in [1.82, 2.24) is 0 Å². The van der Waals surface area contributed by atoms with Crippen LogP contribution in [0, 0.1) is 0 Å². The van der Waals surface area contributed by atoms with Gasteiger partial charge in [0.05, 0.1) is 16.7 Å². The van der Waals surface area contributed by atoms with Gasteiger partial charge in [0.1, 0.15) is 0 Å². The Bertz CT molecular complexity index is 628. The average Bonchev–Trinajstić information content (AvgIpc) is 2.71. The highest BCUT2D eigenvalue weighted by molar-refractivity contribution is 8.01. The van der Waals surface area contributed by atoms with Gasteiger partial charge in [-0.15, -0.1) is 11.8 Å². The standard InChI is InChI=1S/C14H13NO5S/c1-8(16)9-3-2-4-10(5-9)15-12(17)6-11(14(15)20)21-7-13(18)19/h2-5,11H,6-7H2,1H3,(H,18,19). The van der Waals surface area contributed by atoms with E-state index in [1.54, 1.807) is 18.2 Å². The van der Waals surface area contributed by atoms with Gasteiger partial charge in [0.25, 0.3) is 0 Å². The molecular formula is C14H13NO5S. The van der Waals surface area contributed by atoms with Crippen molar-refractivity contribution in [2.24, 2.45) is 0 Å².